The Morgan fingerprint density at radius 2 is 1.02 bits per heavy atom. The van der Waals surface area contributed by atoms with Gasteiger partial charge in [0.05, 0.1) is 6.54 Å². The summed E-state index contributed by atoms with van der Waals surface area (Å²) >= 11 is 0. The normalized spacial score (nSPS) is 13.7. The molecule has 24 heteroatoms. The molecular formula is C29H28F9N9O6. The maximum atomic E-state index is 10.6. The largest absolute Gasteiger partial charge is 0.490 e. The van der Waals surface area contributed by atoms with Crippen molar-refractivity contribution in [3.05, 3.63) is 66.0 Å². The predicted octanol–water partition coefficient (Wildman–Crippen LogP) is 3.86. The van der Waals surface area contributed by atoms with E-state index in [-0.39, 0.29) is 11.8 Å². The number of carboxylic acids is 3. The van der Waals surface area contributed by atoms with Gasteiger partial charge in [0, 0.05) is 32.7 Å². The zero-order valence-corrected chi connectivity index (χ0v) is 26.7. The van der Waals surface area contributed by atoms with Crippen molar-refractivity contribution in [1.29, 1.82) is 0 Å². The third-order valence-corrected chi connectivity index (χ3v) is 6.44. The Kier molecular flexibility index (Phi) is 15.1. The number of hydrogen-bond acceptors (Lipinski definition) is 12. The van der Waals surface area contributed by atoms with Crippen LogP contribution < -0.4 is 11.5 Å². The lowest BCUT2D eigenvalue weighted by Gasteiger charge is -2.34. The van der Waals surface area contributed by atoms with Crippen molar-refractivity contribution in [2.75, 3.05) is 37.6 Å². The molecule has 1 aliphatic heterocycles. The van der Waals surface area contributed by atoms with Gasteiger partial charge in [-0.1, -0.05) is 54.6 Å². The summed E-state index contributed by atoms with van der Waals surface area (Å²) < 4.78 is 95.2. The highest BCUT2D eigenvalue weighted by molar-refractivity contribution is 5.81. The molecule has 5 rings (SSSR count). The van der Waals surface area contributed by atoms with Crippen molar-refractivity contribution >= 4 is 40.8 Å². The van der Waals surface area contributed by atoms with Gasteiger partial charge in [-0.2, -0.15) is 49.5 Å². The minimum Gasteiger partial charge on any atom is -0.475 e. The summed E-state index contributed by atoms with van der Waals surface area (Å²) in [4.78, 5) is 44.0. The van der Waals surface area contributed by atoms with Crippen LogP contribution in [0.25, 0.3) is 22.3 Å². The Labute approximate surface area is 291 Å². The molecule has 53 heavy (non-hydrogen) atoms. The second-order valence-electron chi connectivity index (χ2n) is 10.4. The van der Waals surface area contributed by atoms with Crippen molar-refractivity contribution in [1.82, 2.24) is 34.9 Å². The number of carboxylic acid groups (broad SMARTS) is 3. The molecule has 0 atom stereocenters. The minimum atomic E-state index is -5.08. The van der Waals surface area contributed by atoms with Crippen molar-refractivity contribution < 1.29 is 69.2 Å². The van der Waals surface area contributed by atoms with Crippen molar-refractivity contribution in [3.63, 3.8) is 0 Å². The topological polar surface area (TPSA) is 235 Å². The number of halogens is 9. The summed E-state index contributed by atoms with van der Waals surface area (Å²) in [7, 11) is 0. The lowest BCUT2D eigenvalue weighted by molar-refractivity contribution is -0.193. The first-order valence-electron chi connectivity index (χ1n) is 14.4. The number of nitrogen functional groups attached to an aromatic ring is 2. The van der Waals surface area contributed by atoms with Crippen LogP contribution in [0.5, 0.6) is 0 Å². The number of nitrogens with zero attached hydrogens (tertiary/aromatic N) is 7. The Morgan fingerprint density at radius 1 is 0.604 bits per heavy atom. The SMILES string of the molecule is Nc1nc(N)c2nc(CN3CCN(Cc4ccc(-c5ccccc5)cc4)CC3)nnc2n1.O=C(O)C(F)(F)F.O=C(O)C(F)(F)F.O=C(O)C(F)(F)F. The Hall–Kier alpha value is -5.91. The van der Waals surface area contributed by atoms with Gasteiger partial charge >= 0.3 is 36.4 Å². The molecule has 0 spiro atoms. The fraction of sp³-hybridized carbons (Fsp3) is 0.310. The summed E-state index contributed by atoms with van der Waals surface area (Å²) in [5.41, 5.74) is 16.1. The van der Waals surface area contributed by atoms with Gasteiger partial charge in [-0.05, 0) is 16.7 Å². The second-order valence-corrected chi connectivity index (χ2v) is 10.4. The smallest absolute Gasteiger partial charge is 0.475 e. The lowest BCUT2D eigenvalue weighted by atomic mass is 10.0. The summed E-state index contributed by atoms with van der Waals surface area (Å²) in [5, 5.41) is 29.7. The summed E-state index contributed by atoms with van der Waals surface area (Å²) in [5.74, 6) is -7.36. The van der Waals surface area contributed by atoms with E-state index in [1.54, 1.807) is 0 Å². The highest BCUT2D eigenvalue weighted by Crippen LogP contribution is 2.21. The van der Waals surface area contributed by atoms with E-state index in [2.05, 4.69) is 83.5 Å². The van der Waals surface area contributed by atoms with Crippen LogP contribution in [0.15, 0.2) is 54.6 Å². The van der Waals surface area contributed by atoms with Gasteiger partial charge in [-0.3, -0.25) is 9.80 Å². The molecule has 1 aliphatic rings. The molecule has 0 amide bonds. The van der Waals surface area contributed by atoms with Gasteiger partial charge in [-0.15, -0.1) is 10.2 Å². The molecule has 15 nitrogen and oxygen atoms in total. The van der Waals surface area contributed by atoms with Crippen LogP contribution in [-0.2, 0) is 27.5 Å². The van der Waals surface area contributed by atoms with E-state index in [9.17, 15) is 39.5 Å². The number of benzene rings is 2. The molecule has 0 aliphatic carbocycles. The van der Waals surface area contributed by atoms with Crippen molar-refractivity contribution in [2.45, 2.75) is 31.6 Å². The van der Waals surface area contributed by atoms with Crippen molar-refractivity contribution in [3.8, 4) is 11.1 Å². The number of aromatic nitrogens is 5. The number of fused-ring (bicyclic) bond motifs is 1. The van der Waals surface area contributed by atoms with E-state index in [1.165, 1.54) is 16.7 Å². The number of carbonyl (C=O) groups is 3. The molecule has 7 N–H and O–H groups in total. The molecule has 288 valence electrons. The first kappa shape index (κ1) is 43.3. The maximum absolute atomic E-state index is 10.6. The van der Waals surface area contributed by atoms with Crippen LogP contribution in [0, 0.1) is 0 Å². The van der Waals surface area contributed by atoms with E-state index in [1.807, 2.05) is 6.07 Å². The van der Waals surface area contributed by atoms with E-state index in [0.717, 1.165) is 32.7 Å². The summed E-state index contributed by atoms with van der Waals surface area (Å²) in [6.45, 7) is 5.43. The minimum absolute atomic E-state index is 0.0738. The average Bonchev–Trinajstić information content (AvgIpc) is 3.06. The number of alkyl halides is 9. The molecule has 4 aromatic rings. The van der Waals surface area contributed by atoms with Crippen LogP contribution in [0.1, 0.15) is 11.4 Å². The second kappa shape index (κ2) is 18.5. The molecule has 1 fully saturated rings. The van der Waals surface area contributed by atoms with Crippen LogP contribution in [0.2, 0.25) is 0 Å². The first-order valence-corrected chi connectivity index (χ1v) is 14.4. The summed E-state index contributed by atoms with van der Waals surface area (Å²) in [6.07, 6.45) is -15.3. The predicted molar refractivity (Wildman–Crippen MR) is 165 cm³/mol. The fourth-order valence-corrected chi connectivity index (χ4v) is 3.97. The van der Waals surface area contributed by atoms with Gasteiger partial charge in [-0.25, -0.2) is 19.4 Å². The average molecular weight is 770 g/mol. The fourth-order valence-electron chi connectivity index (χ4n) is 3.97. The number of hydrogen-bond donors (Lipinski definition) is 5. The molecular weight excluding hydrogens is 741 g/mol. The monoisotopic (exact) mass is 769 g/mol. The van der Waals surface area contributed by atoms with E-state index in [4.69, 9.17) is 41.2 Å². The molecule has 2 aromatic carbocycles. The quantitative estimate of drug-likeness (QED) is 0.181. The van der Waals surface area contributed by atoms with Gasteiger partial charge in [0.1, 0.15) is 0 Å². The van der Waals surface area contributed by atoms with Crippen LogP contribution >= 0.6 is 0 Å². The number of anilines is 2. The highest BCUT2D eigenvalue weighted by atomic mass is 19.4. The lowest BCUT2D eigenvalue weighted by Crippen LogP contribution is -2.45. The van der Waals surface area contributed by atoms with Crippen LogP contribution in [0.3, 0.4) is 0 Å². The van der Waals surface area contributed by atoms with Crippen molar-refractivity contribution in [2.24, 2.45) is 0 Å². The Balaban J connectivity index is 0.000000379. The van der Waals surface area contributed by atoms with Crippen LogP contribution in [-0.4, -0.2) is 113 Å². The van der Waals surface area contributed by atoms with E-state index < -0.39 is 36.4 Å². The van der Waals surface area contributed by atoms with Crippen LogP contribution in [0.4, 0.5) is 51.3 Å². The van der Waals surface area contributed by atoms with Gasteiger partial charge < -0.3 is 26.8 Å². The van der Waals surface area contributed by atoms with E-state index >= 15 is 0 Å². The third-order valence-electron chi connectivity index (χ3n) is 6.44. The molecule has 0 unspecified atom stereocenters. The third kappa shape index (κ3) is 15.1. The van der Waals surface area contributed by atoms with E-state index in [0.29, 0.717) is 23.5 Å². The van der Waals surface area contributed by atoms with Gasteiger partial charge in [0.25, 0.3) is 0 Å². The van der Waals surface area contributed by atoms with Gasteiger partial charge in [0.15, 0.2) is 17.2 Å². The Bertz CT molecular complexity index is 1770. The molecule has 0 saturated carbocycles. The molecule has 2 aromatic heterocycles. The zero-order chi connectivity index (χ0) is 40.1. The first-order chi connectivity index (χ1) is 24.5. The highest BCUT2D eigenvalue weighted by Gasteiger charge is 2.39. The number of nitrogens with two attached hydrogens (primary N) is 2. The molecule has 0 bridgehead atoms. The number of aliphatic carboxylic acids is 3. The zero-order valence-electron chi connectivity index (χ0n) is 26.7. The molecule has 3 heterocycles. The number of piperazine rings is 1. The van der Waals surface area contributed by atoms with Gasteiger partial charge in [0.2, 0.25) is 11.6 Å². The number of rotatable bonds is 5. The Morgan fingerprint density at radius 3 is 1.45 bits per heavy atom. The molecule has 1 saturated heterocycles. The standard InChI is InChI=1S/C23H25N9.3C2HF3O2/c24-21-20-22(28-23(25)27-21)30-29-19(26-20)15-32-12-10-31(11-13-32)14-16-6-8-18(9-7-16)17-4-2-1-3-5-17;3*3-2(4,5)1(6)7/h1-9H,10-15H2,(H4,24,25,27,28,30);3*(H,6,7). The molecule has 0 radical (unpaired) electrons. The summed E-state index contributed by atoms with van der Waals surface area (Å²) in [6, 6.07) is 19.3. The maximum Gasteiger partial charge on any atom is 0.490 e.